The van der Waals surface area contributed by atoms with Gasteiger partial charge in [-0.2, -0.15) is 5.26 Å². The third-order valence-electron chi connectivity index (χ3n) is 7.72. The molecule has 1 aliphatic rings. The summed E-state index contributed by atoms with van der Waals surface area (Å²) in [5.41, 5.74) is 4.75. The Kier molecular flexibility index (Phi) is 8.81. The standard InChI is InChI=1S/C32H38N4O2Si/c1-32(2,3)39(4,5)38-23-28-20-34-21-30(37)36(28)22-24-16-17-27(19-33)29(18-24)35-31(25-12-8-6-9-13-25)26-14-10-7-11-15-26/h6-18,28,34H,20-23H2,1-5H3/t28-/m1/s1. The van der Waals surface area contributed by atoms with Gasteiger partial charge in [0.2, 0.25) is 5.91 Å². The second kappa shape index (κ2) is 12.1. The maximum absolute atomic E-state index is 13.0. The summed E-state index contributed by atoms with van der Waals surface area (Å²) in [7, 11) is -1.96. The van der Waals surface area contributed by atoms with Crippen LogP contribution in [0.5, 0.6) is 0 Å². The lowest BCUT2D eigenvalue weighted by molar-refractivity contribution is -0.136. The van der Waals surface area contributed by atoms with Crippen LogP contribution in [-0.2, 0) is 15.8 Å². The third kappa shape index (κ3) is 6.90. The second-order valence-electron chi connectivity index (χ2n) is 11.5. The van der Waals surface area contributed by atoms with Crippen LogP contribution in [0.1, 0.15) is 43.0 Å². The van der Waals surface area contributed by atoms with E-state index in [4.69, 9.17) is 9.42 Å². The van der Waals surface area contributed by atoms with Gasteiger partial charge in [-0.1, -0.05) is 87.5 Å². The maximum Gasteiger partial charge on any atom is 0.237 e. The number of hydrogen-bond donors (Lipinski definition) is 1. The first-order valence-corrected chi connectivity index (χ1v) is 16.4. The zero-order valence-electron chi connectivity index (χ0n) is 23.6. The first-order valence-electron chi connectivity index (χ1n) is 13.5. The predicted molar refractivity (Wildman–Crippen MR) is 160 cm³/mol. The van der Waals surface area contributed by atoms with Crippen LogP contribution in [0.25, 0.3) is 0 Å². The summed E-state index contributed by atoms with van der Waals surface area (Å²) in [6.07, 6.45) is 0. The van der Waals surface area contributed by atoms with E-state index in [0.717, 1.165) is 22.4 Å². The quantitative estimate of drug-likeness (QED) is 0.280. The van der Waals surface area contributed by atoms with Crippen molar-refractivity contribution in [1.82, 2.24) is 10.2 Å². The van der Waals surface area contributed by atoms with Gasteiger partial charge < -0.3 is 14.6 Å². The van der Waals surface area contributed by atoms with Gasteiger partial charge in [0.05, 0.1) is 36.2 Å². The predicted octanol–water partition coefficient (Wildman–Crippen LogP) is 6.05. The molecule has 0 unspecified atom stereocenters. The molecule has 0 bridgehead atoms. The van der Waals surface area contributed by atoms with Crippen molar-refractivity contribution in [2.75, 3.05) is 19.7 Å². The van der Waals surface area contributed by atoms with Crippen LogP contribution >= 0.6 is 0 Å². The van der Waals surface area contributed by atoms with Crippen LogP contribution in [0.15, 0.2) is 83.9 Å². The molecule has 7 heteroatoms. The fraction of sp³-hybridized carbons (Fsp3) is 0.344. The molecule has 0 saturated carbocycles. The molecule has 1 aliphatic heterocycles. The van der Waals surface area contributed by atoms with Gasteiger partial charge in [-0.3, -0.25) is 4.79 Å². The molecule has 1 atom stereocenters. The number of carbonyl (C=O) groups is 1. The van der Waals surface area contributed by atoms with Crippen molar-refractivity contribution in [2.45, 2.75) is 51.5 Å². The van der Waals surface area contributed by atoms with Crippen molar-refractivity contribution in [1.29, 1.82) is 5.26 Å². The lowest BCUT2D eigenvalue weighted by Crippen LogP contribution is -2.57. The fourth-order valence-corrected chi connectivity index (χ4v) is 5.36. The Morgan fingerprint density at radius 3 is 2.23 bits per heavy atom. The summed E-state index contributed by atoms with van der Waals surface area (Å²) in [5, 5.41) is 13.2. The Bertz CT molecular complexity index is 1320. The van der Waals surface area contributed by atoms with Gasteiger partial charge >= 0.3 is 0 Å². The van der Waals surface area contributed by atoms with Crippen LogP contribution in [0, 0.1) is 11.3 Å². The molecule has 0 aromatic heterocycles. The Morgan fingerprint density at radius 2 is 1.67 bits per heavy atom. The van der Waals surface area contributed by atoms with Crippen molar-refractivity contribution in [3.63, 3.8) is 0 Å². The number of rotatable bonds is 8. The molecule has 6 nitrogen and oxygen atoms in total. The Balaban J connectivity index is 1.65. The van der Waals surface area contributed by atoms with Crippen molar-refractivity contribution < 1.29 is 9.22 Å². The molecule has 39 heavy (non-hydrogen) atoms. The van der Waals surface area contributed by atoms with E-state index in [0.29, 0.717) is 37.5 Å². The van der Waals surface area contributed by atoms with E-state index in [1.54, 1.807) is 6.07 Å². The van der Waals surface area contributed by atoms with E-state index in [2.05, 4.69) is 45.3 Å². The molecule has 4 rings (SSSR count). The third-order valence-corrected chi connectivity index (χ3v) is 12.2. The van der Waals surface area contributed by atoms with Gasteiger partial charge in [0, 0.05) is 24.2 Å². The summed E-state index contributed by atoms with van der Waals surface area (Å²) in [6, 6.07) is 27.9. The van der Waals surface area contributed by atoms with Gasteiger partial charge in [0.1, 0.15) is 6.07 Å². The SMILES string of the molecule is CC(C)(C)[Si](C)(C)OC[C@H]1CNCC(=O)N1Cc1ccc(C#N)c(N=C(c2ccccc2)c2ccccc2)c1. The van der Waals surface area contributed by atoms with Crippen LogP contribution in [0.4, 0.5) is 5.69 Å². The number of hydrogen-bond acceptors (Lipinski definition) is 5. The molecule has 202 valence electrons. The number of amides is 1. The van der Waals surface area contributed by atoms with Crippen molar-refractivity contribution in [3.05, 3.63) is 101 Å². The molecule has 0 radical (unpaired) electrons. The average Bonchev–Trinajstić information content (AvgIpc) is 2.92. The number of benzene rings is 3. The number of carbonyl (C=O) groups excluding carboxylic acids is 1. The van der Waals surface area contributed by atoms with Gasteiger partial charge in [0.25, 0.3) is 0 Å². The first kappa shape index (κ1) is 28.4. The van der Waals surface area contributed by atoms with E-state index in [1.807, 2.05) is 77.7 Å². The minimum Gasteiger partial charge on any atom is -0.415 e. The van der Waals surface area contributed by atoms with E-state index >= 15 is 0 Å². The summed E-state index contributed by atoms with van der Waals surface area (Å²) >= 11 is 0. The molecule has 1 N–H and O–H groups in total. The topological polar surface area (TPSA) is 77.7 Å². The molecule has 0 aliphatic carbocycles. The minimum absolute atomic E-state index is 0.0498. The molecule has 1 saturated heterocycles. The summed E-state index contributed by atoms with van der Waals surface area (Å²) < 4.78 is 6.50. The molecule has 1 fully saturated rings. The summed E-state index contributed by atoms with van der Waals surface area (Å²) in [6.45, 7) is 13.1. The smallest absolute Gasteiger partial charge is 0.237 e. The summed E-state index contributed by atoms with van der Waals surface area (Å²) in [5.74, 6) is 0.0498. The monoisotopic (exact) mass is 538 g/mol. The highest BCUT2D eigenvalue weighted by Gasteiger charge is 2.39. The largest absolute Gasteiger partial charge is 0.415 e. The zero-order chi connectivity index (χ0) is 28.0. The molecule has 1 heterocycles. The lowest BCUT2D eigenvalue weighted by Gasteiger charge is -2.41. The first-order chi connectivity index (χ1) is 18.6. The number of nitriles is 1. The molecule has 3 aromatic rings. The molecular formula is C32H38N4O2Si. The van der Waals surface area contributed by atoms with Gasteiger partial charge in [-0.25, -0.2) is 4.99 Å². The highest BCUT2D eigenvalue weighted by molar-refractivity contribution is 6.74. The molecule has 1 amide bonds. The van der Waals surface area contributed by atoms with Crippen molar-refractivity contribution in [3.8, 4) is 6.07 Å². The zero-order valence-corrected chi connectivity index (χ0v) is 24.6. The number of aliphatic imine (C=N–C) groups is 1. The molecular weight excluding hydrogens is 500 g/mol. The van der Waals surface area contributed by atoms with Crippen LogP contribution in [0.2, 0.25) is 18.1 Å². The Labute approximate surface area is 233 Å². The van der Waals surface area contributed by atoms with Gasteiger partial charge in [0.15, 0.2) is 8.32 Å². The number of piperazine rings is 1. The van der Waals surface area contributed by atoms with Crippen molar-refractivity contribution in [2.24, 2.45) is 4.99 Å². The maximum atomic E-state index is 13.0. The van der Waals surface area contributed by atoms with Crippen LogP contribution in [0.3, 0.4) is 0 Å². The molecule has 0 spiro atoms. The highest BCUT2D eigenvalue weighted by Crippen LogP contribution is 2.37. The van der Waals surface area contributed by atoms with Gasteiger partial charge in [-0.05, 0) is 35.8 Å². The number of nitrogens with one attached hydrogen (secondary N) is 1. The van der Waals surface area contributed by atoms with E-state index < -0.39 is 8.32 Å². The normalized spacial score (nSPS) is 16.1. The number of nitrogens with zero attached hydrogens (tertiary/aromatic N) is 3. The summed E-state index contributed by atoms with van der Waals surface area (Å²) in [4.78, 5) is 20.0. The Morgan fingerprint density at radius 1 is 1.05 bits per heavy atom. The van der Waals surface area contributed by atoms with Crippen LogP contribution in [-0.4, -0.2) is 50.6 Å². The average molecular weight is 539 g/mol. The van der Waals surface area contributed by atoms with E-state index in [1.165, 1.54) is 0 Å². The van der Waals surface area contributed by atoms with Gasteiger partial charge in [-0.15, -0.1) is 0 Å². The Hall–Kier alpha value is -3.57. The van der Waals surface area contributed by atoms with E-state index in [-0.39, 0.29) is 17.0 Å². The fourth-order valence-electron chi connectivity index (χ4n) is 4.32. The van der Waals surface area contributed by atoms with Crippen LogP contribution < -0.4 is 5.32 Å². The second-order valence-corrected chi connectivity index (χ2v) is 16.3. The highest BCUT2D eigenvalue weighted by atomic mass is 28.4. The van der Waals surface area contributed by atoms with Crippen molar-refractivity contribution >= 4 is 25.6 Å². The lowest BCUT2D eigenvalue weighted by atomic mass is 10.0. The molecule has 3 aromatic carbocycles. The van der Waals surface area contributed by atoms with E-state index in [9.17, 15) is 10.1 Å². The minimum atomic E-state index is -1.96.